The van der Waals surface area contributed by atoms with E-state index in [-0.39, 0.29) is 11.8 Å². The van der Waals surface area contributed by atoms with E-state index < -0.39 is 11.9 Å². The summed E-state index contributed by atoms with van der Waals surface area (Å²) in [5, 5.41) is 0. The van der Waals surface area contributed by atoms with Crippen LogP contribution in [0, 0.1) is 0 Å². The lowest BCUT2D eigenvalue weighted by Crippen LogP contribution is -2.09. The summed E-state index contributed by atoms with van der Waals surface area (Å²) >= 11 is 0. The Morgan fingerprint density at radius 2 is 0.850 bits per heavy atom. The minimum Gasteiger partial charge on any atom is -0.465 e. The highest BCUT2D eigenvalue weighted by atomic mass is 16.5. The Balaban J connectivity index is 1.47. The number of carbonyl (C=O) groups excluding carboxylic acids is 2. The fourth-order valence-electron chi connectivity index (χ4n) is 5.30. The van der Waals surface area contributed by atoms with Crippen LogP contribution >= 0.6 is 0 Å². The minimum absolute atomic E-state index is 0.0451. The molecule has 0 spiro atoms. The molecule has 0 N–H and O–H groups in total. The molecule has 2 atom stereocenters. The highest BCUT2D eigenvalue weighted by Crippen LogP contribution is 2.38. The number of hydrogen-bond acceptors (Lipinski definition) is 8. The van der Waals surface area contributed by atoms with E-state index in [0.29, 0.717) is 44.2 Å². The third kappa shape index (κ3) is 4.09. The van der Waals surface area contributed by atoms with Gasteiger partial charge in [0.15, 0.2) is 0 Å². The van der Waals surface area contributed by atoms with E-state index in [2.05, 4.69) is 26.0 Å². The molecular weight excluding hydrogens is 504 g/mol. The fraction of sp³-hybridized carbons (Fsp3) is 0.188. The number of esters is 2. The van der Waals surface area contributed by atoms with Crippen molar-refractivity contribution >= 4 is 56.1 Å². The standard InChI is InChI=1S/C32H26N4O4/c1-17(19-9-5-13-23-27(19)33-25-15-7-11-21(29(25)35-23)31(37)39-3)18(2)20-10-6-14-24-28(20)34-26-16-8-12-22(30(26)36-24)32(38)40-4/h5-18H,1-4H3/t17-,18-/m0/s1. The van der Waals surface area contributed by atoms with Crippen molar-refractivity contribution in [3.63, 3.8) is 0 Å². The summed E-state index contributed by atoms with van der Waals surface area (Å²) < 4.78 is 9.89. The highest BCUT2D eigenvalue weighted by Gasteiger charge is 2.23. The molecule has 4 aromatic carbocycles. The number of hydrogen-bond donors (Lipinski definition) is 0. The van der Waals surface area contributed by atoms with E-state index in [1.54, 1.807) is 24.3 Å². The Morgan fingerprint density at radius 3 is 1.23 bits per heavy atom. The fourth-order valence-corrected chi connectivity index (χ4v) is 5.30. The van der Waals surface area contributed by atoms with Crippen LogP contribution in [0.4, 0.5) is 0 Å². The molecule has 0 unspecified atom stereocenters. The lowest BCUT2D eigenvalue weighted by molar-refractivity contribution is 0.0594. The third-order valence-corrected chi connectivity index (χ3v) is 7.59. The molecule has 8 heteroatoms. The van der Waals surface area contributed by atoms with Crippen LogP contribution in [0.15, 0.2) is 72.8 Å². The monoisotopic (exact) mass is 530 g/mol. The molecule has 2 aromatic heterocycles. The minimum atomic E-state index is -0.444. The molecule has 40 heavy (non-hydrogen) atoms. The second-order valence-electron chi connectivity index (χ2n) is 9.78. The van der Waals surface area contributed by atoms with Crippen molar-refractivity contribution in [1.29, 1.82) is 0 Å². The Morgan fingerprint density at radius 1 is 0.525 bits per heavy atom. The summed E-state index contributed by atoms with van der Waals surface area (Å²) in [6.45, 7) is 4.33. The largest absolute Gasteiger partial charge is 0.465 e. The van der Waals surface area contributed by atoms with E-state index in [0.717, 1.165) is 22.2 Å². The molecule has 0 amide bonds. The maximum Gasteiger partial charge on any atom is 0.340 e. The molecule has 6 rings (SSSR count). The van der Waals surface area contributed by atoms with Crippen molar-refractivity contribution in [3.8, 4) is 0 Å². The number of ether oxygens (including phenoxy) is 2. The van der Waals surface area contributed by atoms with Gasteiger partial charge in [0.25, 0.3) is 0 Å². The second kappa shape index (κ2) is 9.96. The third-order valence-electron chi connectivity index (χ3n) is 7.59. The summed E-state index contributed by atoms with van der Waals surface area (Å²) in [6.07, 6.45) is 0. The van der Waals surface area contributed by atoms with Crippen LogP contribution in [0.3, 0.4) is 0 Å². The van der Waals surface area contributed by atoms with Gasteiger partial charge in [-0.25, -0.2) is 29.5 Å². The Kier molecular flexibility index (Phi) is 6.30. The number of benzene rings is 4. The topological polar surface area (TPSA) is 104 Å². The van der Waals surface area contributed by atoms with Crippen LogP contribution in [0.2, 0.25) is 0 Å². The molecule has 2 heterocycles. The van der Waals surface area contributed by atoms with E-state index in [4.69, 9.17) is 29.4 Å². The first kappa shape index (κ1) is 25.3. The first-order valence-corrected chi connectivity index (χ1v) is 13.0. The Bertz CT molecular complexity index is 1830. The average molecular weight is 531 g/mol. The molecule has 0 bridgehead atoms. The predicted octanol–water partition coefficient (Wildman–Crippen LogP) is 6.36. The predicted molar refractivity (Wildman–Crippen MR) is 154 cm³/mol. The van der Waals surface area contributed by atoms with E-state index >= 15 is 0 Å². The van der Waals surface area contributed by atoms with Gasteiger partial charge in [-0.1, -0.05) is 50.2 Å². The lowest BCUT2D eigenvalue weighted by Gasteiger charge is -2.23. The van der Waals surface area contributed by atoms with Gasteiger partial charge in [-0.15, -0.1) is 0 Å². The van der Waals surface area contributed by atoms with Crippen LogP contribution in [0.1, 0.15) is 57.5 Å². The van der Waals surface area contributed by atoms with Crippen LogP contribution < -0.4 is 0 Å². The quantitative estimate of drug-likeness (QED) is 0.187. The first-order valence-electron chi connectivity index (χ1n) is 13.0. The van der Waals surface area contributed by atoms with Crippen LogP contribution in [-0.4, -0.2) is 46.1 Å². The van der Waals surface area contributed by atoms with Crippen molar-refractivity contribution in [2.45, 2.75) is 25.7 Å². The number of carbonyl (C=O) groups is 2. The molecular formula is C32H26N4O4. The maximum absolute atomic E-state index is 12.3. The van der Waals surface area contributed by atoms with Crippen molar-refractivity contribution in [1.82, 2.24) is 19.9 Å². The van der Waals surface area contributed by atoms with Crippen molar-refractivity contribution in [2.24, 2.45) is 0 Å². The summed E-state index contributed by atoms with van der Waals surface area (Å²) in [6, 6.07) is 22.6. The zero-order valence-corrected chi connectivity index (χ0v) is 22.5. The van der Waals surface area contributed by atoms with Gasteiger partial charge in [-0.05, 0) is 59.4 Å². The van der Waals surface area contributed by atoms with Gasteiger partial charge in [-0.2, -0.15) is 0 Å². The van der Waals surface area contributed by atoms with E-state index in [1.807, 2.05) is 36.4 Å². The molecule has 6 aromatic rings. The van der Waals surface area contributed by atoms with Crippen molar-refractivity contribution in [2.75, 3.05) is 14.2 Å². The Hall–Kier alpha value is -4.98. The first-order chi connectivity index (χ1) is 19.4. The van der Waals surface area contributed by atoms with Crippen molar-refractivity contribution in [3.05, 3.63) is 95.1 Å². The van der Waals surface area contributed by atoms with E-state index in [9.17, 15) is 9.59 Å². The normalized spacial score (nSPS) is 13.0. The van der Waals surface area contributed by atoms with Gasteiger partial charge >= 0.3 is 11.9 Å². The summed E-state index contributed by atoms with van der Waals surface area (Å²) in [5.41, 5.74) is 8.15. The number of para-hydroxylation sites is 4. The molecule has 0 radical (unpaired) electrons. The molecule has 0 saturated heterocycles. The van der Waals surface area contributed by atoms with E-state index in [1.165, 1.54) is 14.2 Å². The SMILES string of the molecule is COC(=O)c1cccc2nc3c([C@@H](C)[C@H](C)c4cccc5nc6c(C(=O)OC)cccc6nc45)cccc3nc12. The van der Waals surface area contributed by atoms with Crippen LogP contribution in [-0.2, 0) is 9.47 Å². The van der Waals surface area contributed by atoms with Gasteiger partial charge in [-0.3, -0.25) is 0 Å². The van der Waals surface area contributed by atoms with Gasteiger partial charge in [0, 0.05) is 0 Å². The molecule has 8 nitrogen and oxygen atoms in total. The molecule has 0 fully saturated rings. The van der Waals surface area contributed by atoms with Crippen LogP contribution in [0.5, 0.6) is 0 Å². The number of fused-ring (bicyclic) bond motifs is 4. The molecule has 0 aliphatic heterocycles. The molecule has 0 saturated carbocycles. The second-order valence-corrected chi connectivity index (χ2v) is 9.78. The number of aromatic nitrogens is 4. The van der Waals surface area contributed by atoms with Gasteiger partial charge in [0.05, 0.1) is 58.4 Å². The highest BCUT2D eigenvalue weighted by molar-refractivity contribution is 6.04. The van der Waals surface area contributed by atoms with Gasteiger partial charge in [0.1, 0.15) is 11.0 Å². The number of methoxy groups -OCH3 is 2. The smallest absolute Gasteiger partial charge is 0.340 e. The van der Waals surface area contributed by atoms with Gasteiger partial charge in [0.2, 0.25) is 0 Å². The molecule has 198 valence electrons. The average Bonchev–Trinajstić information content (AvgIpc) is 3.00. The van der Waals surface area contributed by atoms with Crippen LogP contribution in [0.25, 0.3) is 44.1 Å². The molecule has 0 aliphatic rings. The van der Waals surface area contributed by atoms with Crippen molar-refractivity contribution < 1.29 is 19.1 Å². The molecule has 0 aliphatic carbocycles. The summed E-state index contributed by atoms with van der Waals surface area (Å²) in [5.74, 6) is -0.797. The number of rotatable bonds is 5. The van der Waals surface area contributed by atoms with Gasteiger partial charge < -0.3 is 9.47 Å². The Labute approximate surface area is 230 Å². The lowest BCUT2D eigenvalue weighted by atomic mass is 9.83. The summed E-state index contributed by atoms with van der Waals surface area (Å²) in [4.78, 5) is 44.2. The zero-order valence-electron chi connectivity index (χ0n) is 22.5. The summed E-state index contributed by atoms with van der Waals surface area (Å²) in [7, 11) is 2.71. The maximum atomic E-state index is 12.3. The number of nitrogens with zero attached hydrogens (tertiary/aromatic N) is 4. The zero-order chi connectivity index (χ0) is 28.0.